The van der Waals surface area contributed by atoms with Crippen molar-refractivity contribution in [1.82, 2.24) is 4.90 Å². The van der Waals surface area contributed by atoms with E-state index in [-0.39, 0.29) is 0 Å². The van der Waals surface area contributed by atoms with E-state index in [9.17, 15) is 4.79 Å². The highest BCUT2D eigenvalue weighted by atomic mass is 79.9. The van der Waals surface area contributed by atoms with E-state index in [1.165, 1.54) is 4.90 Å². The number of nitrogens with zero attached hydrogens (tertiary/aromatic N) is 1. The Hall–Kier alpha value is -1.03. The first kappa shape index (κ1) is 12.0. The molecule has 3 nitrogen and oxygen atoms in total. The fourth-order valence-electron chi connectivity index (χ4n) is 1.34. The summed E-state index contributed by atoms with van der Waals surface area (Å²) in [6.07, 6.45) is -0.877. The van der Waals surface area contributed by atoms with E-state index in [0.29, 0.717) is 13.1 Å². The lowest BCUT2D eigenvalue weighted by atomic mass is 10.1. The zero-order valence-electron chi connectivity index (χ0n) is 8.83. The van der Waals surface area contributed by atoms with Gasteiger partial charge in [0.25, 0.3) is 0 Å². The van der Waals surface area contributed by atoms with Gasteiger partial charge in [-0.3, -0.25) is 0 Å². The zero-order valence-corrected chi connectivity index (χ0v) is 10.4. The second-order valence-electron chi connectivity index (χ2n) is 3.38. The number of hydrogen-bond donors (Lipinski definition) is 1. The first-order valence-corrected chi connectivity index (χ1v) is 5.56. The summed E-state index contributed by atoms with van der Waals surface area (Å²) in [5, 5.41) is 8.88. The topological polar surface area (TPSA) is 40.5 Å². The van der Waals surface area contributed by atoms with Crippen molar-refractivity contribution in [2.75, 3.05) is 6.54 Å². The van der Waals surface area contributed by atoms with Crippen molar-refractivity contribution in [1.29, 1.82) is 0 Å². The molecule has 0 aliphatic rings. The van der Waals surface area contributed by atoms with Crippen molar-refractivity contribution in [3.8, 4) is 0 Å². The number of carbonyl (C=O) groups is 1. The van der Waals surface area contributed by atoms with Gasteiger partial charge >= 0.3 is 6.09 Å². The lowest BCUT2D eigenvalue weighted by Gasteiger charge is -2.17. The van der Waals surface area contributed by atoms with Gasteiger partial charge in [0.15, 0.2) is 0 Å². The fraction of sp³-hybridized carbons (Fsp3) is 0.364. The van der Waals surface area contributed by atoms with E-state index in [0.717, 1.165) is 15.6 Å². The molecule has 0 atom stereocenters. The molecule has 0 heterocycles. The van der Waals surface area contributed by atoms with E-state index in [1.807, 2.05) is 32.0 Å². The van der Waals surface area contributed by atoms with Crippen LogP contribution in [0.15, 0.2) is 22.7 Å². The summed E-state index contributed by atoms with van der Waals surface area (Å²) in [5.41, 5.74) is 2.13. The molecule has 0 saturated heterocycles. The van der Waals surface area contributed by atoms with Gasteiger partial charge in [0, 0.05) is 17.6 Å². The highest BCUT2D eigenvalue weighted by Crippen LogP contribution is 2.18. The Morgan fingerprint density at radius 3 is 2.67 bits per heavy atom. The maximum Gasteiger partial charge on any atom is 0.407 e. The molecule has 4 heteroatoms. The lowest BCUT2D eigenvalue weighted by molar-refractivity contribution is 0.145. The molecular formula is C11H14BrNO2. The van der Waals surface area contributed by atoms with Crippen LogP contribution in [0.4, 0.5) is 4.79 Å². The minimum Gasteiger partial charge on any atom is -0.465 e. The van der Waals surface area contributed by atoms with Crippen molar-refractivity contribution in [3.63, 3.8) is 0 Å². The van der Waals surface area contributed by atoms with Gasteiger partial charge in [-0.2, -0.15) is 0 Å². The Morgan fingerprint density at radius 1 is 1.53 bits per heavy atom. The smallest absolute Gasteiger partial charge is 0.407 e. The van der Waals surface area contributed by atoms with Crippen molar-refractivity contribution in [2.45, 2.75) is 20.4 Å². The quantitative estimate of drug-likeness (QED) is 0.917. The summed E-state index contributed by atoms with van der Waals surface area (Å²) in [6.45, 7) is 4.77. The first-order valence-electron chi connectivity index (χ1n) is 4.77. The van der Waals surface area contributed by atoms with Crippen molar-refractivity contribution in [2.24, 2.45) is 0 Å². The predicted octanol–water partition coefficient (Wildman–Crippen LogP) is 3.26. The van der Waals surface area contributed by atoms with Crippen LogP contribution in [0.2, 0.25) is 0 Å². The van der Waals surface area contributed by atoms with E-state index >= 15 is 0 Å². The average Bonchev–Trinajstić information content (AvgIpc) is 2.19. The van der Waals surface area contributed by atoms with Crippen LogP contribution < -0.4 is 0 Å². The monoisotopic (exact) mass is 271 g/mol. The standard InChI is InChI=1S/C11H14BrNO2/c1-3-13(11(14)15)7-9-4-5-10(12)8(2)6-9/h4-6H,3,7H2,1-2H3,(H,14,15). The first-order chi connectivity index (χ1) is 7.04. The average molecular weight is 272 g/mol. The molecule has 1 aromatic carbocycles. The van der Waals surface area contributed by atoms with Gasteiger partial charge in [-0.25, -0.2) is 4.79 Å². The van der Waals surface area contributed by atoms with Crippen LogP contribution in [0.5, 0.6) is 0 Å². The largest absolute Gasteiger partial charge is 0.465 e. The molecule has 1 N–H and O–H groups in total. The number of halogens is 1. The maximum absolute atomic E-state index is 10.8. The van der Waals surface area contributed by atoms with Crippen LogP contribution in [0.1, 0.15) is 18.1 Å². The van der Waals surface area contributed by atoms with E-state index in [2.05, 4.69) is 15.9 Å². The minimum absolute atomic E-state index is 0.444. The van der Waals surface area contributed by atoms with Crippen LogP contribution >= 0.6 is 15.9 Å². The van der Waals surface area contributed by atoms with Gasteiger partial charge in [0.05, 0.1) is 0 Å². The highest BCUT2D eigenvalue weighted by molar-refractivity contribution is 9.10. The predicted molar refractivity (Wildman–Crippen MR) is 63.0 cm³/mol. The van der Waals surface area contributed by atoms with Crippen molar-refractivity contribution < 1.29 is 9.90 Å². The normalized spacial score (nSPS) is 10.1. The minimum atomic E-state index is -0.877. The molecule has 0 aliphatic heterocycles. The van der Waals surface area contributed by atoms with Crippen molar-refractivity contribution >= 4 is 22.0 Å². The molecule has 0 spiro atoms. The van der Waals surface area contributed by atoms with Crippen LogP contribution in [-0.2, 0) is 6.54 Å². The molecule has 1 aromatic rings. The van der Waals surface area contributed by atoms with Gasteiger partial charge in [-0.15, -0.1) is 0 Å². The summed E-state index contributed by atoms with van der Waals surface area (Å²) in [4.78, 5) is 12.2. The maximum atomic E-state index is 10.8. The van der Waals surface area contributed by atoms with Gasteiger partial charge in [-0.05, 0) is 31.0 Å². The summed E-state index contributed by atoms with van der Waals surface area (Å²) >= 11 is 3.41. The highest BCUT2D eigenvalue weighted by Gasteiger charge is 2.09. The molecule has 1 rings (SSSR count). The van der Waals surface area contributed by atoms with E-state index < -0.39 is 6.09 Å². The second kappa shape index (κ2) is 5.16. The van der Waals surface area contributed by atoms with Gasteiger partial charge in [-0.1, -0.05) is 28.1 Å². The molecule has 0 aromatic heterocycles. The second-order valence-corrected chi connectivity index (χ2v) is 4.23. The van der Waals surface area contributed by atoms with Crippen LogP contribution in [0.3, 0.4) is 0 Å². The molecule has 82 valence electrons. The molecule has 0 fully saturated rings. The zero-order chi connectivity index (χ0) is 11.4. The number of benzene rings is 1. The molecule has 0 unspecified atom stereocenters. The Bertz CT molecular complexity index is 366. The summed E-state index contributed by atoms with van der Waals surface area (Å²) in [7, 11) is 0. The molecule has 0 saturated carbocycles. The Kier molecular flexibility index (Phi) is 4.15. The molecule has 15 heavy (non-hydrogen) atoms. The van der Waals surface area contributed by atoms with E-state index in [4.69, 9.17) is 5.11 Å². The number of rotatable bonds is 3. The number of aryl methyl sites for hydroxylation is 1. The molecular weight excluding hydrogens is 258 g/mol. The third-order valence-electron chi connectivity index (χ3n) is 2.25. The van der Waals surface area contributed by atoms with Crippen LogP contribution in [-0.4, -0.2) is 22.6 Å². The fourth-order valence-corrected chi connectivity index (χ4v) is 1.59. The molecule has 0 aliphatic carbocycles. The van der Waals surface area contributed by atoms with Gasteiger partial charge < -0.3 is 10.0 Å². The molecule has 1 amide bonds. The summed E-state index contributed by atoms with van der Waals surface area (Å²) in [5.74, 6) is 0. The number of hydrogen-bond acceptors (Lipinski definition) is 1. The SMILES string of the molecule is CCN(Cc1ccc(Br)c(C)c1)C(=O)O. The van der Waals surface area contributed by atoms with E-state index in [1.54, 1.807) is 0 Å². The third-order valence-corrected chi connectivity index (χ3v) is 3.14. The number of carboxylic acid groups (broad SMARTS) is 1. The third kappa shape index (κ3) is 3.23. The van der Waals surface area contributed by atoms with Gasteiger partial charge in [0.1, 0.15) is 0 Å². The number of amides is 1. The van der Waals surface area contributed by atoms with Crippen LogP contribution in [0, 0.1) is 6.92 Å². The Balaban J connectivity index is 2.80. The Morgan fingerprint density at radius 2 is 2.20 bits per heavy atom. The Labute approximate surface area is 97.8 Å². The lowest BCUT2D eigenvalue weighted by Crippen LogP contribution is -2.28. The summed E-state index contributed by atoms with van der Waals surface area (Å²) < 4.78 is 1.05. The molecule has 0 bridgehead atoms. The molecule has 0 radical (unpaired) electrons. The van der Waals surface area contributed by atoms with Crippen LogP contribution in [0.25, 0.3) is 0 Å². The van der Waals surface area contributed by atoms with Gasteiger partial charge in [0.2, 0.25) is 0 Å². The van der Waals surface area contributed by atoms with Crippen molar-refractivity contribution in [3.05, 3.63) is 33.8 Å². The summed E-state index contributed by atoms with van der Waals surface area (Å²) in [6, 6.07) is 5.87.